The molecule has 1 aliphatic carbocycles. The van der Waals surface area contributed by atoms with Crippen LogP contribution in [0.15, 0.2) is 24.3 Å². The van der Waals surface area contributed by atoms with Crippen molar-refractivity contribution in [2.24, 2.45) is 0 Å². The summed E-state index contributed by atoms with van der Waals surface area (Å²) >= 11 is 1.79. The lowest BCUT2D eigenvalue weighted by molar-refractivity contribution is -0.131. The summed E-state index contributed by atoms with van der Waals surface area (Å²) in [7, 11) is 0. The quantitative estimate of drug-likeness (QED) is 0.618. The average Bonchev–Trinajstić information content (AvgIpc) is 3.10. The zero-order valence-corrected chi connectivity index (χ0v) is 14.9. The maximum Gasteiger partial charge on any atom is 0.308 e. The molecule has 0 spiro atoms. The standard InChI is InChI=1S/C20H19NO2S/c1-11-7-9-14(10-8-11)17-18-15-5-4-6-16(15)24-20(18)21-12(2)19(17)23-13(3)22/h7-10H,4-6H2,1-3H3. The van der Waals surface area contributed by atoms with Gasteiger partial charge in [0.1, 0.15) is 4.83 Å². The zero-order chi connectivity index (χ0) is 16.8. The fraction of sp³-hybridized carbons (Fsp3) is 0.300. The summed E-state index contributed by atoms with van der Waals surface area (Å²) in [6.07, 6.45) is 3.41. The van der Waals surface area contributed by atoms with Gasteiger partial charge in [0.05, 0.1) is 5.69 Å². The Balaban J connectivity index is 2.08. The Morgan fingerprint density at radius 3 is 2.62 bits per heavy atom. The van der Waals surface area contributed by atoms with Crippen molar-refractivity contribution < 1.29 is 9.53 Å². The summed E-state index contributed by atoms with van der Waals surface area (Å²) in [6.45, 7) is 5.44. The highest BCUT2D eigenvalue weighted by Gasteiger charge is 2.25. The van der Waals surface area contributed by atoms with Crippen molar-refractivity contribution in [2.45, 2.75) is 40.0 Å². The van der Waals surface area contributed by atoms with E-state index in [0.29, 0.717) is 5.75 Å². The van der Waals surface area contributed by atoms with Crippen LogP contribution in [0.5, 0.6) is 5.75 Å². The van der Waals surface area contributed by atoms with Gasteiger partial charge in [-0.2, -0.15) is 0 Å². The number of hydrogen-bond donors (Lipinski definition) is 0. The molecular weight excluding hydrogens is 318 g/mol. The highest BCUT2D eigenvalue weighted by Crippen LogP contribution is 2.46. The van der Waals surface area contributed by atoms with Gasteiger partial charge in [0.2, 0.25) is 0 Å². The van der Waals surface area contributed by atoms with E-state index in [1.807, 2.05) is 6.92 Å². The number of aryl methyl sites for hydroxylation is 4. The Kier molecular flexibility index (Phi) is 3.65. The monoisotopic (exact) mass is 337 g/mol. The molecule has 4 heteroatoms. The number of fused-ring (bicyclic) bond motifs is 3. The molecule has 0 N–H and O–H groups in total. The molecule has 0 saturated heterocycles. The number of carbonyl (C=O) groups excluding carboxylic acids is 1. The molecule has 2 heterocycles. The molecule has 0 amide bonds. The van der Waals surface area contributed by atoms with E-state index in [1.54, 1.807) is 11.3 Å². The van der Waals surface area contributed by atoms with Crippen LogP contribution in [0.3, 0.4) is 0 Å². The van der Waals surface area contributed by atoms with Gasteiger partial charge in [-0.1, -0.05) is 29.8 Å². The first-order valence-corrected chi connectivity index (χ1v) is 9.06. The third-order valence-corrected chi connectivity index (χ3v) is 5.75. The summed E-state index contributed by atoms with van der Waals surface area (Å²) in [5, 5.41) is 1.18. The first kappa shape index (κ1) is 15.3. The summed E-state index contributed by atoms with van der Waals surface area (Å²) in [6, 6.07) is 8.41. The van der Waals surface area contributed by atoms with Crippen LogP contribution in [0.25, 0.3) is 21.3 Å². The molecule has 0 aliphatic heterocycles. The van der Waals surface area contributed by atoms with Crippen LogP contribution in [-0.4, -0.2) is 11.0 Å². The molecule has 1 aliphatic rings. The molecular formula is C20H19NO2S. The number of benzene rings is 1. The summed E-state index contributed by atoms with van der Waals surface area (Å²) < 4.78 is 5.60. The fourth-order valence-electron chi connectivity index (χ4n) is 3.49. The van der Waals surface area contributed by atoms with E-state index in [1.165, 1.54) is 34.7 Å². The molecule has 24 heavy (non-hydrogen) atoms. The van der Waals surface area contributed by atoms with Crippen LogP contribution < -0.4 is 4.74 Å². The highest BCUT2D eigenvalue weighted by molar-refractivity contribution is 7.19. The maximum atomic E-state index is 11.7. The molecule has 3 nitrogen and oxygen atoms in total. The van der Waals surface area contributed by atoms with Crippen molar-refractivity contribution in [3.63, 3.8) is 0 Å². The van der Waals surface area contributed by atoms with E-state index < -0.39 is 0 Å². The second-order valence-electron chi connectivity index (χ2n) is 6.40. The highest BCUT2D eigenvalue weighted by atomic mass is 32.1. The molecule has 0 saturated carbocycles. The second-order valence-corrected chi connectivity index (χ2v) is 7.48. The van der Waals surface area contributed by atoms with Crippen LogP contribution in [-0.2, 0) is 17.6 Å². The number of ether oxygens (including phenoxy) is 1. The predicted octanol–water partition coefficient (Wildman–Crippen LogP) is 4.99. The van der Waals surface area contributed by atoms with E-state index in [0.717, 1.165) is 34.5 Å². The zero-order valence-electron chi connectivity index (χ0n) is 14.1. The summed E-state index contributed by atoms with van der Waals surface area (Å²) in [5.74, 6) is 0.297. The van der Waals surface area contributed by atoms with Crippen molar-refractivity contribution in [2.75, 3.05) is 0 Å². The number of carbonyl (C=O) groups is 1. The lowest BCUT2D eigenvalue weighted by Crippen LogP contribution is -2.06. The molecule has 2 aromatic heterocycles. The SMILES string of the molecule is CC(=O)Oc1c(C)nc2sc3c(c2c1-c1ccc(C)cc1)CCC3. The lowest BCUT2D eigenvalue weighted by Gasteiger charge is -2.14. The minimum absolute atomic E-state index is 0.306. The summed E-state index contributed by atoms with van der Waals surface area (Å²) in [5.41, 5.74) is 5.48. The normalized spacial score (nSPS) is 13.3. The van der Waals surface area contributed by atoms with Crippen molar-refractivity contribution >= 4 is 27.5 Å². The van der Waals surface area contributed by atoms with Gasteiger partial charge in [0.15, 0.2) is 5.75 Å². The van der Waals surface area contributed by atoms with Crippen LogP contribution in [0.4, 0.5) is 0 Å². The minimum atomic E-state index is -0.306. The number of rotatable bonds is 2. The van der Waals surface area contributed by atoms with Crippen LogP contribution in [0.2, 0.25) is 0 Å². The number of thiophene rings is 1. The maximum absolute atomic E-state index is 11.7. The molecule has 3 aromatic rings. The number of hydrogen-bond acceptors (Lipinski definition) is 4. The van der Waals surface area contributed by atoms with Gasteiger partial charge in [0.25, 0.3) is 0 Å². The third-order valence-electron chi connectivity index (χ3n) is 4.56. The fourth-order valence-corrected chi connectivity index (χ4v) is 4.81. The van der Waals surface area contributed by atoms with Gasteiger partial charge >= 0.3 is 5.97 Å². The van der Waals surface area contributed by atoms with Crippen LogP contribution >= 0.6 is 11.3 Å². The lowest BCUT2D eigenvalue weighted by atomic mass is 9.97. The van der Waals surface area contributed by atoms with Crippen molar-refractivity contribution in [3.05, 3.63) is 46.0 Å². The van der Waals surface area contributed by atoms with Gasteiger partial charge in [0, 0.05) is 22.8 Å². The van der Waals surface area contributed by atoms with Gasteiger partial charge < -0.3 is 4.74 Å². The number of nitrogens with zero attached hydrogens (tertiary/aromatic N) is 1. The minimum Gasteiger partial charge on any atom is -0.424 e. The summed E-state index contributed by atoms with van der Waals surface area (Å²) in [4.78, 5) is 18.9. The Morgan fingerprint density at radius 2 is 1.92 bits per heavy atom. The Morgan fingerprint density at radius 1 is 1.17 bits per heavy atom. The predicted molar refractivity (Wildman–Crippen MR) is 97.9 cm³/mol. The number of esters is 1. The second kappa shape index (κ2) is 5.71. The number of pyridine rings is 1. The van der Waals surface area contributed by atoms with Gasteiger partial charge in [-0.15, -0.1) is 11.3 Å². The average molecular weight is 337 g/mol. The van der Waals surface area contributed by atoms with E-state index in [9.17, 15) is 4.79 Å². The molecule has 0 radical (unpaired) electrons. The van der Waals surface area contributed by atoms with Crippen molar-refractivity contribution in [1.82, 2.24) is 4.98 Å². The van der Waals surface area contributed by atoms with Crippen LogP contribution in [0, 0.1) is 13.8 Å². The third kappa shape index (κ3) is 2.42. The van der Waals surface area contributed by atoms with Gasteiger partial charge in [-0.3, -0.25) is 4.79 Å². The van der Waals surface area contributed by atoms with Gasteiger partial charge in [-0.05, 0) is 44.2 Å². The molecule has 0 fully saturated rings. The number of aromatic nitrogens is 1. The van der Waals surface area contributed by atoms with E-state index in [4.69, 9.17) is 9.72 Å². The van der Waals surface area contributed by atoms with Gasteiger partial charge in [-0.25, -0.2) is 4.98 Å². The molecule has 4 rings (SSSR count). The van der Waals surface area contributed by atoms with Crippen molar-refractivity contribution in [1.29, 1.82) is 0 Å². The molecule has 0 unspecified atom stereocenters. The molecule has 1 aromatic carbocycles. The molecule has 0 atom stereocenters. The Hall–Kier alpha value is -2.20. The smallest absolute Gasteiger partial charge is 0.308 e. The Labute approximate surface area is 145 Å². The molecule has 0 bridgehead atoms. The van der Waals surface area contributed by atoms with Crippen LogP contribution in [0.1, 0.15) is 35.0 Å². The van der Waals surface area contributed by atoms with E-state index >= 15 is 0 Å². The Bertz CT molecular complexity index is 954. The largest absolute Gasteiger partial charge is 0.424 e. The van der Waals surface area contributed by atoms with E-state index in [-0.39, 0.29) is 5.97 Å². The first-order chi connectivity index (χ1) is 11.5. The van der Waals surface area contributed by atoms with Crippen molar-refractivity contribution in [3.8, 4) is 16.9 Å². The topological polar surface area (TPSA) is 39.2 Å². The van der Waals surface area contributed by atoms with E-state index in [2.05, 4.69) is 31.2 Å². The first-order valence-electron chi connectivity index (χ1n) is 8.25. The molecule has 122 valence electrons.